The topological polar surface area (TPSA) is 62.2 Å². The first-order valence-electron chi connectivity index (χ1n) is 6.95. The maximum absolute atomic E-state index is 9.29. The maximum Gasteiger partial charge on any atom is 0.0821 e. The van der Waals surface area contributed by atoms with Gasteiger partial charge in [-0.3, -0.25) is 0 Å². The first-order chi connectivity index (χ1) is 8.81. The van der Waals surface area contributed by atoms with E-state index < -0.39 is 0 Å². The molecule has 0 aromatic rings. The van der Waals surface area contributed by atoms with Crippen molar-refractivity contribution in [2.24, 2.45) is 11.8 Å². The second-order valence-electron chi connectivity index (χ2n) is 5.45. The lowest BCUT2D eigenvalue weighted by molar-refractivity contribution is -0.0941. The Balaban J connectivity index is 1.73. The molecule has 0 saturated carbocycles. The number of hydrogen-bond acceptors (Lipinski definition) is 5. The summed E-state index contributed by atoms with van der Waals surface area (Å²) in [6.07, 6.45) is 2.11. The van der Waals surface area contributed by atoms with E-state index >= 15 is 0 Å². The van der Waals surface area contributed by atoms with Gasteiger partial charge in [0.15, 0.2) is 0 Å². The molecule has 0 bridgehead atoms. The third kappa shape index (κ3) is 4.17. The van der Waals surface area contributed by atoms with Gasteiger partial charge in [-0.15, -0.1) is 0 Å². The third-order valence-corrected chi connectivity index (χ3v) is 3.87. The van der Waals surface area contributed by atoms with Crippen LogP contribution in [0.15, 0.2) is 0 Å². The molecular formula is C13H25NO4. The van der Waals surface area contributed by atoms with E-state index in [0.717, 1.165) is 32.5 Å². The molecule has 0 spiro atoms. The summed E-state index contributed by atoms with van der Waals surface area (Å²) in [5.74, 6) is 0.610. The van der Waals surface area contributed by atoms with E-state index in [1.54, 1.807) is 0 Å². The highest BCUT2D eigenvalue weighted by Gasteiger charge is 2.27. The van der Waals surface area contributed by atoms with Gasteiger partial charge in [0.05, 0.1) is 25.9 Å². The number of nitrogens with zero attached hydrogens (tertiary/aromatic N) is 1. The summed E-state index contributed by atoms with van der Waals surface area (Å²) >= 11 is 0. The lowest BCUT2D eigenvalue weighted by atomic mass is 9.90. The highest BCUT2D eigenvalue weighted by Crippen LogP contribution is 2.21. The van der Waals surface area contributed by atoms with Crippen molar-refractivity contribution in [2.75, 3.05) is 52.7 Å². The number of aliphatic hydroxyl groups excluding tert-OH is 2. The normalized spacial score (nSPS) is 34.7. The molecule has 2 saturated heterocycles. The van der Waals surface area contributed by atoms with Gasteiger partial charge in [-0.25, -0.2) is 0 Å². The molecule has 0 radical (unpaired) electrons. The summed E-state index contributed by atoms with van der Waals surface area (Å²) in [6.45, 7) is 5.36. The zero-order valence-electron chi connectivity index (χ0n) is 11.0. The maximum atomic E-state index is 9.29. The SMILES string of the molecule is OC[C@@H]1C[C@H](CO)CN(CCC2COCCO2)C1. The Labute approximate surface area is 109 Å². The van der Waals surface area contributed by atoms with Crippen molar-refractivity contribution in [3.05, 3.63) is 0 Å². The second-order valence-corrected chi connectivity index (χ2v) is 5.45. The predicted molar refractivity (Wildman–Crippen MR) is 67.4 cm³/mol. The van der Waals surface area contributed by atoms with Crippen molar-refractivity contribution in [3.8, 4) is 0 Å². The molecule has 5 nitrogen and oxygen atoms in total. The van der Waals surface area contributed by atoms with Crippen LogP contribution in [0.4, 0.5) is 0 Å². The fourth-order valence-corrected chi connectivity index (χ4v) is 2.90. The molecule has 2 fully saturated rings. The molecule has 2 aliphatic heterocycles. The van der Waals surface area contributed by atoms with Crippen LogP contribution < -0.4 is 0 Å². The van der Waals surface area contributed by atoms with Crippen LogP contribution in [0.3, 0.4) is 0 Å². The Kier molecular flexibility index (Phi) is 5.85. The molecule has 3 atom stereocenters. The molecule has 0 aromatic carbocycles. The number of rotatable bonds is 5. The van der Waals surface area contributed by atoms with Crippen LogP contribution in [-0.2, 0) is 9.47 Å². The van der Waals surface area contributed by atoms with Crippen LogP contribution in [-0.4, -0.2) is 73.9 Å². The average molecular weight is 259 g/mol. The van der Waals surface area contributed by atoms with Crippen LogP contribution in [0.5, 0.6) is 0 Å². The Morgan fingerprint density at radius 1 is 1.06 bits per heavy atom. The van der Waals surface area contributed by atoms with Gasteiger partial charge in [0.2, 0.25) is 0 Å². The van der Waals surface area contributed by atoms with Gasteiger partial charge in [0.1, 0.15) is 0 Å². The minimum Gasteiger partial charge on any atom is -0.396 e. The Hall–Kier alpha value is -0.200. The number of aliphatic hydroxyl groups is 2. The van der Waals surface area contributed by atoms with Gasteiger partial charge < -0.3 is 24.6 Å². The second kappa shape index (κ2) is 7.40. The van der Waals surface area contributed by atoms with E-state index in [2.05, 4.69) is 4.90 Å². The average Bonchev–Trinajstić information content (AvgIpc) is 2.45. The zero-order chi connectivity index (χ0) is 12.8. The lowest BCUT2D eigenvalue weighted by Crippen LogP contribution is -2.44. The van der Waals surface area contributed by atoms with Gasteiger partial charge in [0, 0.05) is 32.8 Å². The minimum absolute atomic E-state index is 0.209. The van der Waals surface area contributed by atoms with Crippen molar-refractivity contribution in [2.45, 2.75) is 18.9 Å². The molecule has 5 heteroatoms. The van der Waals surface area contributed by atoms with Crippen LogP contribution in [0.1, 0.15) is 12.8 Å². The molecule has 2 N–H and O–H groups in total. The zero-order valence-corrected chi connectivity index (χ0v) is 11.0. The summed E-state index contributed by atoms with van der Waals surface area (Å²) < 4.78 is 11.0. The Morgan fingerprint density at radius 3 is 2.33 bits per heavy atom. The first-order valence-corrected chi connectivity index (χ1v) is 6.95. The van der Waals surface area contributed by atoms with Crippen molar-refractivity contribution in [1.29, 1.82) is 0 Å². The molecule has 18 heavy (non-hydrogen) atoms. The van der Waals surface area contributed by atoms with E-state index in [1.807, 2.05) is 0 Å². The summed E-state index contributed by atoms with van der Waals surface area (Å²) in [5, 5.41) is 18.6. The van der Waals surface area contributed by atoms with Crippen molar-refractivity contribution >= 4 is 0 Å². The summed E-state index contributed by atoms with van der Waals surface area (Å²) in [7, 11) is 0. The Bertz CT molecular complexity index is 221. The predicted octanol–water partition coefficient (Wildman–Crippen LogP) is -0.285. The highest BCUT2D eigenvalue weighted by atomic mass is 16.6. The van der Waals surface area contributed by atoms with Crippen LogP contribution >= 0.6 is 0 Å². The van der Waals surface area contributed by atoms with Gasteiger partial charge >= 0.3 is 0 Å². The first kappa shape index (κ1) is 14.2. The number of piperidine rings is 1. The fourth-order valence-electron chi connectivity index (χ4n) is 2.90. The Morgan fingerprint density at radius 2 is 1.78 bits per heavy atom. The van der Waals surface area contributed by atoms with Gasteiger partial charge in [-0.05, 0) is 24.7 Å². The molecule has 0 aliphatic carbocycles. The molecule has 0 amide bonds. The molecule has 0 aromatic heterocycles. The van der Waals surface area contributed by atoms with E-state index in [9.17, 15) is 10.2 Å². The molecule has 2 aliphatic rings. The summed E-state index contributed by atoms with van der Waals surface area (Å²) in [5.41, 5.74) is 0. The molecule has 2 heterocycles. The van der Waals surface area contributed by atoms with E-state index in [1.165, 1.54) is 0 Å². The standard InChI is InChI=1S/C13H25NO4/c15-8-11-5-12(9-16)7-14(6-11)2-1-13-10-17-3-4-18-13/h11-13,15-16H,1-10H2/t11-,12+,13?. The quantitative estimate of drug-likeness (QED) is 0.711. The molecule has 106 valence electrons. The molecule has 1 unspecified atom stereocenters. The van der Waals surface area contributed by atoms with E-state index in [4.69, 9.17) is 9.47 Å². The number of likely N-dealkylation sites (tertiary alicyclic amines) is 1. The van der Waals surface area contributed by atoms with Crippen LogP contribution in [0.25, 0.3) is 0 Å². The lowest BCUT2D eigenvalue weighted by Gasteiger charge is -2.37. The van der Waals surface area contributed by atoms with Gasteiger partial charge in [-0.1, -0.05) is 0 Å². The molecular weight excluding hydrogens is 234 g/mol. The molecule has 2 rings (SSSR count). The van der Waals surface area contributed by atoms with Crippen molar-refractivity contribution in [3.63, 3.8) is 0 Å². The third-order valence-electron chi connectivity index (χ3n) is 3.87. The monoisotopic (exact) mass is 259 g/mol. The smallest absolute Gasteiger partial charge is 0.0821 e. The largest absolute Gasteiger partial charge is 0.396 e. The van der Waals surface area contributed by atoms with Crippen LogP contribution in [0, 0.1) is 11.8 Å². The van der Waals surface area contributed by atoms with Gasteiger partial charge in [-0.2, -0.15) is 0 Å². The number of ether oxygens (including phenoxy) is 2. The number of hydrogen-bond donors (Lipinski definition) is 2. The summed E-state index contributed by atoms with van der Waals surface area (Å²) in [4.78, 5) is 2.34. The fraction of sp³-hybridized carbons (Fsp3) is 1.00. The summed E-state index contributed by atoms with van der Waals surface area (Å²) in [6, 6.07) is 0. The van der Waals surface area contributed by atoms with Crippen molar-refractivity contribution in [1.82, 2.24) is 4.90 Å². The van der Waals surface area contributed by atoms with E-state index in [0.29, 0.717) is 31.7 Å². The van der Waals surface area contributed by atoms with Crippen LogP contribution in [0.2, 0.25) is 0 Å². The van der Waals surface area contributed by atoms with E-state index in [-0.39, 0.29) is 19.3 Å². The minimum atomic E-state index is 0.209. The van der Waals surface area contributed by atoms with Crippen molar-refractivity contribution < 1.29 is 19.7 Å². The van der Waals surface area contributed by atoms with Gasteiger partial charge in [0.25, 0.3) is 0 Å². The highest BCUT2D eigenvalue weighted by molar-refractivity contribution is 4.79.